The van der Waals surface area contributed by atoms with Crippen molar-refractivity contribution < 1.29 is 14.6 Å². The Labute approximate surface area is 229 Å². The molecule has 3 aliphatic heterocycles. The second-order valence-corrected chi connectivity index (χ2v) is 12.4. The first-order valence-corrected chi connectivity index (χ1v) is 14.6. The Hall–Kier alpha value is -3.28. The molecule has 39 heavy (non-hydrogen) atoms. The number of aliphatic hydroxyl groups is 1. The third-order valence-electron chi connectivity index (χ3n) is 10.9. The summed E-state index contributed by atoms with van der Waals surface area (Å²) in [7, 11) is 1.73. The van der Waals surface area contributed by atoms with Gasteiger partial charge in [0, 0.05) is 36.5 Å². The van der Waals surface area contributed by atoms with Gasteiger partial charge in [-0.3, -0.25) is 4.90 Å². The molecule has 4 atom stereocenters. The summed E-state index contributed by atoms with van der Waals surface area (Å²) in [5, 5.41) is 14.6. The number of ether oxygens (including phenoxy) is 2. The van der Waals surface area contributed by atoms with E-state index in [1.165, 1.54) is 44.4 Å². The van der Waals surface area contributed by atoms with Crippen LogP contribution in [0.5, 0.6) is 11.5 Å². The molecule has 2 aliphatic carbocycles. The standard InChI is InChI=1S/C34H34N2O3/c1-38-26-13-12-23-19-27-34(37)20-25-24-11-5-9-22-10-6-16-36(29(22)24)30(25)32-33(34,28(23)31(26)39-32)15-18-35(27)17-14-21-7-3-2-4-8-21/h2-5,7-9,11-13,27,32,37H,6,10,14-20H2,1H3/t27-,32+,33+,34?/m1/s1. The van der Waals surface area contributed by atoms with Crippen molar-refractivity contribution in [1.82, 2.24) is 9.47 Å². The van der Waals surface area contributed by atoms with Crippen molar-refractivity contribution in [3.8, 4) is 11.5 Å². The van der Waals surface area contributed by atoms with Gasteiger partial charge in [-0.25, -0.2) is 0 Å². The van der Waals surface area contributed by atoms with Gasteiger partial charge < -0.3 is 19.1 Å². The fraction of sp³-hybridized carbons (Fsp3) is 0.412. The summed E-state index contributed by atoms with van der Waals surface area (Å²) in [4.78, 5) is 2.59. The first-order valence-electron chi connectivity index (χ1n) is 14.6. The van der Waals surface area contributed by atoms with E-state index in [-0.39, 0.29) is 12.1 Å². The molecule has 1 N–H and O–H groups in total. The Morgan fingerprint density at radius 3 is 2.79 bits per heavy atom. The molecule has 3 aromatic carbocycles. The zero-order chi connectivity index (χ0) is 25.9. The second kappa shape index (κ2) is 7.67. The monoisotopic (exact) mass is 518 g/mol. The Balaban J connectivity index is 1.26. The smallest absolute Gasteiger partial charge is 0.166 e. The molecule has 5 nitrogen and oxygen atoms in total. The average Bonchev–Trinajstić information content (AvgIpc) is 3.47. The summed E-state index contributed by atoms with van der Waals surface area (Å²) in [6, 6.07) is 21.9. The molecule has 0 amide bonds. The lowest BCUT2D eigenvalue weighted by molar-refractivity contribution is -0.172. The molecule has 1 spiro atoms. The normalized spacial score (nSPS) is 29.6. The van der Waals surface area contributed by atoms with Gasteiger partial charge in [-0.05, 0) is 67.0 Å². The minimum atomic E-state index is -0.909. The van der Waals surface area contributed by atoms with Gasteiger partial charge in [-0.2, -0.15) is 0 Å². The highest BCUT2D eigenvalue weighted by Gasteiger charge is 2.73. The average molecular weight is 519 g/mol. The van der Waals surface area contributed by atoms with Crippen LogP contribution in [0.2, 0.25) is 0 Å². The molecular formula is C34H34N2O3. The number of rotatable bonds is 4. The van der Waals surface area contributed by atoms with Crippen LogP contribution in [0.25, 0.3) is 10.9 Å². The molecule has 4 heterocycles. The van der Waals surface area contributed by atoms with Gasteiger partial charge >= 0.3 is 0 Å². The van der Waals surface area contributed by atoms with Crippen LogP contribution in [0, 0.1) is 0 Å². The van der Waals surface area contributed by atoms with Gasteiger partial charge in [-0.1, -0.05) is 54.6 Å². The zero-order valence-electron chi connectivity index (χ0n) is 22.5. The number of nitrogens with zero attached hydrogens (tertiary/aromatic N) is 2. The van der Waals surface area contributed by atoms with E-state index in [4.69, 9.17) is 9.47 Å². The maximum Gasteiger partial charge on any atom is 0.166 e. The van der Waals surface area contributed by atoms with E-state index >= 15 is 0 Å². The largest absolute Gasteiger partial charge is 0.493 e. The van der Waals surface area contributed by atoms with Crippen LogP contribution < -0.4 is 9.47 Å². The number of para-hydroxylation sites is 1. The summed E-state index contributed by atoms with van der Waals surface area (Å²) in [5.41, 5.74) is 7.96. The minimum absolute atomic E-state index is 0.0489. The van der Waals surface area contributed by atoms with Gasteiger partial charge in [0.2, 0.25) is 0 Å². The maximum atomic E-state index is 13.2. The summed E-state index contributed by atoms with van der Waals surface area (Å²) in [6.45, 7) is 2.94. The number of aryl methyl sites for hydroxylation is 2. The molecule has 1 unspecified atom stereocenters. The quantitative estimate of drug-likeness (QED) is 0.407. The fourth-order valence-corrected chi connectivity index (χ4v) is 9.33. The molecule has 0 radical (unpaired) electrons. The highest BCUT2D eigenvalue weighted by Crippen LogP contribution is 2.69. The Morgan fingerprint density at radius 2 is 1.92 bits per heavy atom. The third-order valence-corrected chi connectivity index (χ3v) is 10.9. The van der Waals surface area contributed by atoms with E-state index in [2.05, 4.69) is 70.1 Å². The van der Waals surface area contributed by atoms with Crippen molar-refractivity contribution in [3.05, 3.63) is 94.2 Å². The van der Waals surface area contributed by atoms with Gasteiger partial charge in [-0.15, -0.1) is 0 Å². The first kappa shape index (κ1) is 22.5. The summed E-state index contributed by atoms with van der Waals surface area (Å²) in [5.74, 6) is 1.67. The number of fused-ring (bicyclic) bond motifs is 4. The van der Waals surface area contributed by atoms with Crippen LogP contribution in [0.15, 0.2) is 60.7 Å². The van der Waals surface area contributed by atoms with E-state index in [0.29, 0.717) is 6.42 Å². The predicted molar refractivity (Wildman–Crippen MR) is 151 cm³/mol. The van der Waals surface area contributed by atoms with Crippen molar-refractivity contribution in [2.24, 2.45) is 0 Å². The van der Waals surface area contributed by atoms with Gasteiger partial charge in [0.15, 0.2) is 17.6 Å². The summed E-state index contributed by atoms with van der Waals surface area (Å²) >= 11 is 0. The molecule has 5 heteroatoms. The molecule has 4 aromatic rings. The number of hydrogen-bond donors (Lipinski definition) is 1. The number of methoxy groups -OCH3 is 1. The molecule has 1 fully saturated rings. The third kappa shape index (κ3) is 2.64. The van der Waals surface area contributed by atoms with Crippen LogP contribution in [-0.4, -0.2) is 46.4 Å². The highest BCUT2D eigenvalue weighted by atomic mass is 16.5. The number of hydrogen-bond acceptors (Lipinski definition) is 4. The van der Waals surface area contributed by atoms with Crippen LogP contribution in [-0.2, 0) is 37.6 Å². The Bertz CT molecular complexity index is 1660. The molecule has 2 bridgehead atoms. The SMILES string of the molecule is COc1ccc2c3c1O[C@H]1c4c(c5cccc6c5n4CCC6)CC4(O)[C@@H](C2)N(CCc2ccccc2)CC[C@]314. The molecule has 9 rings (SSSR count). The molecule has 0 saturated carbocycles. The lowest BCUT2D eigenvalue weighted by Gasteiger charge is -2.63. The van der Waals surface area contributed by atoms with Gasteiger partial charge in [0.25, 0.3) is 0 Å². The molecule has 198 valence electrons. The Kier molecular flexibility index (Phi) is 4.43. The van der Waals surface area contributed by atoms with E-state index in [1.807, 2.05) is 0 Å². The lowest BCUT2D eigenvalue weighted by Crippen LogP contribution is -2.74. The molecule has 5 aliphatic rings. The van der Waals surface area contributed by atoms with E-state index in [1.54, 1.807) is 7.11 Å². The number of piperidine rings is 1. The van der Waals surface area contributed by atoms with E-state index in [0.717, 1.165) is 63.2 Å². The second-order valence-electron chi connectivity index (χ2n) is 12.4. The van der Waals surface area contributed by atoms with Crippen molar-refractivity contribution >= 4 is 10.9 Å². The van der Waals surface area contributed by atoms with E-state index in [9.17, 15) is 5.11 Å². The number of aromatic nitrogens is 1. The minimum Gasteiger partial charge on any atom is -0.493 e. The molecular weight excluding hydrogens is 484 g/mol. The van der Waals surface area contributed by atoms with Crippen molar-refractivity contribution in [2.45, 2.75) is 68.2 Å². The molecule has 1 saturated heterocycles. The number of likely N-dealkylation sites (tertiary alicyclic amines) is 1. The predicted octanol–water partition coefficient (Wildman–Crippen LogP) is 5.13. The van der Waals surface area contributed by atoms with Crippen molar-refractivity contribution in [3.63, 3.8) is 0 Å². The van der Waals surface area contributed by atoms with Crippen LogP contribution in [0.1, 0.15) is 52.5 Å². The van der Waals surface area contributed by atoms with Crippen LogP contribution in [0.4, 0.5) is 0 Å². The summed E-state index contributed by atoms with van der Waals surface area (Å²) in [6.07, 6.45) is 5.47. The topological polar surface area (TPSA) is 46.9 Å². The maximum absolute atomic E-state index is 13.2. The fourth-order valence-electron chi connectivity index (χ4n) is 9.33. The van der Waals surface area contributed by atoms with Crippen LogP contribution >= 0.6 is 0 Å². The van der Waals surface area contributed by atoms with Gasteiger partial charge in [0.05, 0.1) is 29.3 Å². The summed E-state index contributed by atoms with van der Waals surface area (Å²) < 4.78 is 15.5. The van der Waals surface area contributed by atoms with Crippen molar-refractivity contribution in [1.29, 1.82) is 0 Å². The van der Waals surface area contributed by atoms with E-state index < -0.39 is 11.0 Å². The lowest BCUT2D eigenvalue weighted by atomic mass is 9.49. The van der Waals surface area contributed by atoms with Crippen molar-refractivity contribution in [2.75, 3.05) is 20.2 Å². The first-order chi connectivity index (χ1) is 19.1. The van der Waals surface area contributed by atoms with Gasteiger partial charge in [0.1, 0.15) is 0 Å². The Morgan fingerprint density at radius 1 is 1.03 bits per heavy atom. The number of benzene rings is 3. The van der Waals surface area contributed by atoms with Crippen LogP contribution in [0.3, 0.4) is 0 Å². The zero-order valence-corrected chi connectivity index (χ0v) is 22.5. The highest BCUT2D eigenvalue weighted by molar-refractivity contribution is 5.90. The molecule has 1 aromatic heterocycles.